The standard InChI is InChI=1S/C16H23N/c1-15-7-5-3-4-6-14(15)16(9-8-15)10-12-17(2)13-11-16/h4-9,14H,3,10-13H2,1-2H3. The molecule has 1 heteroatoms. The Hall–Kier alpha value is -0.820. The molecule has 2 atom stereocenters. The van der Waals surface area contributed by atoms with Crippen LogP contribution in [-0.4, -0.2) is 25.0 Å². The van der Waals surface area contributed by atoms with E-state index in [-0.39, 0.29) is 5.41 Å². The molecule has 17 heavy (non-hydrogen) atoms. The van der Waals surface area contributed by atoms with Gasteiger partial charge in [-0.1, -0.05) is 43.4 Å². The van der Waals surface area contributed by atoms with E-state index in [9.17, 15) is 0 Å². The summed E-state index contributed by atoms with van der Waals surface area (Å²) in [5.41, 5.74) is 0.704. The lowest BCUT2D eigenvalue weighted by atomic mass is 9.64. The number of fused-ring (bicyclic) bond motifs is 2. The van der Waals surface area contributed by atoms with Gasteiger partial charge in [-0.25, -0.2) is 0 Å². The van der Waals surface area contributed by atoms with E-state index in [0.29, 0.717) is 11.3 Å². The molecular weight excluding hydrogens is 206 g/mol. The van der Waals surface area contributed by atoms with Crippen LogP contribution in [0.15, 0.2) is 36.5 Å². The Morgan fingerprint density at radius 2 is 1.82 bits per heavy atom. The van der Waals surface area contributed by atoms with E-state index in [0.717, 1.165) is 6.42 Å². The van der Waals surface area contributed by atoms with Crippen LogP contribution < -0.4 is 0 Å². The van der Waals surface area contributed by atoms with Crippen molar-refractivity contribution in [3.05, 3.63) is 36.5 Å². The second-order valence-corrected chi connectivity index (χ2v) is 6.28. The molecule has 3 rings (SSSR count). The second-order valence-electron chi connectivity index (χ2n) is 6.28. The fraction of sp³-hybridized carbons (Fsp3) is 0.625. The maximum Gasteiger partial charge on any atom is 0.0104 e. The molecule has 1 fully saturated rings. The predicted octanol–water partition coefficient (Wildman–Crippen LogP) is 3.41. The summed E-state index contributed by atoms with van der Waals surface area (Å²) >= 11 is 0. The minimum Gasteiger partial charge on any atom is -0.306 e. The van der Waals surface area contributed by atoms with Gasteiger partial charge in [0, 0.05) is 5.41 Å². The van der Waals surface area contributed by atoms with Crippen molar-refractivity contribution in [1.29, 1.82) is 0 Å². The molecule has 0 aromatic carbocycles. The molecule has 1 spiro atoms. The van der Waals surface area contributed by atoms with Crippen molar-refractivity contribution in [3.8, 4) is 0 Å². The fourth-order valence-electron chi connectivity index (χ4n) is 3.86. The van der Waals surface area contributed by atoms with Gasteiger partial charge in [-0.05, 0) is 50.7 Å². The van der Waals surface area contributed by atoms with Gasteiger partial charge in [0.25, 0.3) is 0 Å². The van der Waals surface area contributed by atoms with Crippen LogP contribution in [0.2, 0.25) is 0 Å². The van der Waals surface area contributed by atoms with Crippen LogP contribution in [-0.2, 0) is 0 Å². The van der Waals surface area contributed by atoms with Gasteiger partial charge in [0.1, 0.15) is 0 Å². The second kappa shape index (κ2) is 3.84. The predicted molar refractivity (Wildman–Crippen MR) is 72.8 cm³/mol. The van der Waals surface area contributed by atoms with Gasteiger partial charge >= 0.3 is 0 Å². The van der Waals surface area contributed by atoms with Crippen LogP contribution in [0, 0.1) is 16.7 Å². The summed E-state index contributed by atoms with van der Waals surface area (Å²) in [4.78, 5) is 2.46. The highest BCUT2D eigenvalue weighted by Gasteiger charge is 2.49. The van der Waals surface area contributed by atoms with Gasteiger partial charge < -0.3 is 4.90 Å². The average Bonchev–Trinajstić information content (AvgIpc) is 2.49. The van der Waals surface area contributed by atoms with Crippen LogP contribution in [0.1, 0.15) is 26.2 Å². The third kappa shape index (κ3) is 1.72. The summed E-state index contributed by atoms with van der Waals surface area (Å²) in [6.07, 6.45) is 18.4. The number of allylic oxidation sites excluding steroid dienone is 6. The molecular formula is C16H23N. The topological polar surface area (TPSA) is 3.24 Å². The number of rotatable bonds is 0. The molecule has 0 bridgehead atoms. The summed E-state index contributed by atoms with van der Waals surface area (Å²) in [6, 6.07) is 0. The summed E-state index contributed by atoms with van der Waals surface area (Å²) in [5.74, 6) is 0.683. The molecule has 1 aliphatic heterocycles. The van der Waals surface area contributed by atoms with E-state index >= 15 is 0 Å². The monoisotopic (exact) mass is 229 g/mol. The van der Waals surface area contributed by atoms with E-state index in [4.69, 9.17) is 0 Å². The molecule has 1 saturated heterocycles. The maximum absolute atomic E-state index is 2.53. The first-order valence-electron chi connectivity index (χ1n) is 6.88. The lowest BCUT2D eigenvalue weighted by Gasteiger charge is -2.44. The van der Waals surface area contributed by atoms with Crippen molar-refractivity contribution in [3.63, 3.8) is 0 Å². The Balaban J connectivity index is 1.93. The highest BCUT2D eigenvalue weighted by molar-refractivity contribution is 5.31. The molecule has 1 nitrogen and oxygen atoms in total. The van der Waals surface area contributed by atoms with Gasteiger partial charge in [0.2, 0.25) is 0 Å². The molecule has 0 aromatic rings. The summed E-state index contributed by atoms with van der Waals surface area (Å²) in [5, 5.41) is 0. The van der Waals surface area contributed by atoms with Crippen LogP contribution in [0.5, 0.6) is 0 Å². The lowest BCUT2D eigenvalue weighted by molar-refractivity contribution is 0.107. The molecule has 0 radical (unpaired) electrons. The Labute approximate surface area is 105 Å². The van der Waals surface area contributed by atoms with E-state index in [1.165, 1.54) is 25.9 Å². The van der Waals surface area contributed by atoms with Gasteiger partial charge in [-0.3, -0.25) is 0 Å². The normalized spacial score (nSPS) is 39.5. The molecule has 2 aliphatic carbocycles. The third-order valence-corrected chi connectivity index (χ3v) is 5.06. The highest BCUT2D eigenvalue weighted by Crippen LogP contribution is 2.56. The highest BCUT2D eigenvalue weighted by atomic mass is 15.1. The zero-order valence-electron chi connectivity index (χ0n) is 11.0. The van der Waals surface area contributed by atoms with E-state index < -0.39 is 0 Å². The van der Waals surface area contributed by atoms with Gasteiger partial charge in [-0.2, -0.15) is 0 Å². The van der Waals surface area contributed by atoms with Crippen LogP contribution in [0.3, 0.4) is 0 Å². The van der Waals surface area contributed by atoms with Crippen molar-refractivity contribution < 1.29 is 0 Å². The van der Waals surface area contributed by atoms with Gasteiger partial charge in [-0.15, -0.1) is 0 Å². The summed E-state index contributed by atoms with van der Waals surface area (Å²) in [7, 11) is 2.24. The van der Waals surface area contributed by atoms with Crippen LogP contribution >= 0.6 is 0 Å². The lowest BCUT2D eigenvalue weighted by Crippen LogP contribution is -2.42. The van der Waals surface area contributed by atoms with Crippen molar-refractivity contribution in [2.45, 2.75) is 26.2 Å². The molecule has 2 unspecified atom stereocenters. The Bertz CT molecular complexity index is 382. The fourth-order valence-corrected chi connectivity index (χ4v) is 3.86. The molecule has 1 heterocycles. The van der Waals surface area contributed by atoms with Crippen molar-refractivity contribution in [2.75, 3.05) is 20.1 Å². The summed E-state index contributed by atoms with van der Waals surface area (Å²) in [6.45, 7) is 4.89. The van der Waals surface area contributed by atoms with E-state index in [2.05, 4.69) is 55.3 Å². The number of hydrogen-bond acceptors (Lipinski definition) is 1. The number of hydrogen-bond donors (Lipinski definition) is 0. The number of piperidine rings is 1. The van der Waals surface area contributed by atoms with Crippen molar-refractivity contribution in [2.24, 2.45) is 16.7 Å². The Morgan fingerprint density at radius 1 is 1.06 bits per heavy atom. The SMILES string of the molecule is CN1CCC2(C=CC3(C)C=CCC=CC32)CC1. The smallest absolute Gasteiger partial charge is 0.0104 e. The number of likely N-dealkylation sites (tertiary alicyclic amines) is 1. The molecule has 0 amide bonds. The zero-order valence-corrected chi connectivity index (χ0v) is 11.0. The Morgan fingerprint density at radius 3 is 2.59 bits per heavy atom. The molecule has 0 N–H and O–H groups in total. The minimum atomic E-state index is 0.267. The average molecular weight is 229 g/mol. The van der Waals surface area contributed by atoms with Gasteiger partial charge in [0.05, 0.1) is 0 Å². The number of nitrogens with zero attached hydrogens (tertiary/aromatic N) is 1. The minimum absolute atomic E-state index is 0.267. The first-order valence-corrected chi connectivity index (χ1v) is 6.88. The Kier molecular flexibility index (Phi) is 2.55. The van der Waals surface area contributed by atoms with E-state index in [1.54, 1.807) is 0 Å². The van der Waals surface area contributed by atoms with E-state index in [1.807, 2.05) is 0 Å². The van der Waals surface area contributed by atoms with Crippen LogP contribution in [0.4, 0.5) is 0 Å². The molecule has 92 valence electrons. The first kappa shape index (κ1) is 11.3. The largest absolute Gasteiger partial charge is 0.306 e. The third-order valence-electron chi connectivity index (χ3n) is 5.06. The molecule has 0 saturated carbocycles. The maximum atomic E-state index is 2.53. The quantitative estimate of drug-likeness (QED) is 0.575. The molecule has 3 aliphatic rings. The molecule has 0 aromatic heterocycles. The summed E-state index contributed by atoms with van der Waals surface area (Å²) < 4.78 is 0. The first-order chi connectivity index (χ1) is 8.15. The zero-order chi connectivity index (χ0) is 11.9. The van der Waals surface area contributed by atoms with Crippen molar-refractivity contribution >= 4 is 0 Å². The van der Waals surface area contributed by atoms with Crippen LogP contribution in [0.25, 0.3) is 0 Å². The van der Waals surface area contributed by atoms with Crippen molar-refractivity contribution in [1.82, 2.24) is 4.90 Å². The van der Waals surface area contributed by atoms with Gasteiger partial charge in [0.15, 0.2) is 0 Å².